The molecule has 1 aliphatic heterocycles. The van der Waals surface area contributed by atoms with Crippen LogP contribution in [0.25, 0.3) is 0 Å². The minimum absolute atomic E-state index is 0.0956. The number of imide groups is 1. The van der Waals surface area contributed by atoms with Crippen LogP contribution in [0.15, 0.2) is 47.0 Å². The number of carboxylic acid groups (broad SMARTS) is 1. The maximum Gasteiger partial charge on any atom is 0.421 e. The number of likely N-dealkylation sites (N-methyl/N-ethyl adjacent to an activating group) is 2. The summed E-state index contributed by atoms with van der Waals surface area (Å²) in [6.45, 7) is 2.20. The van der Waals surface area contributed by atoms with Crippen LogP contribution in [-0.2, 0) is 10.3 Å². The van der Waals surface area contributed by atoms with Crippen molar-refractivity contribution in [1.29, 1.82) is 0 Å². The number of primary amides is 1. The molecule has 3 unspecified atom stereocenters. The Morgan fingerprint density at radius 2 is 1.97 bits per heavy atom. The lowest BCUT2D eigenvalue weighted by atomic mass is 9.79. The zero-order valence-electron chi connectivity index (χ0n) is 17.7. The first-order valence-corrected chi connectivity index (χ1v) is 9.73. The summed E-state index contributed by atoms with van der Waals surface area (Å²) in [4.78, 5) is 43.9. The Bertz CT molecular complexity index is 1060. The van der Waals surface area contributed by atoms with Crippen molar-refractivity contribution in [2.45, 2.75) is 24.9 Å². The van der Waals surface area contributed by atoms with Crippen molar-refractivity contribution >= 4 is 29.6 Å². The molecule has 0 fully saturated rings. The molecule has 7 N–H and O–H groups in total. The number of hydrogen-bond acceptors (Lipinski definition) is 5. The Hall–Kier alpha value is -3.66. The normalized spacial score (nSPS) is 27.7. The van der Waals surface area contributed by atoms with Gasteiger partial charge in [0, 0.05) is 12.6 Å². The Morgan fingerprint density at radius 1 is 1.29 bits per heavy atom. The molecule has 3 atom stereocenters. The number of guanidine groups is 1. The van der Waals surface area contributed by atoms with Crippen LogP contribution in [0.2, 0.25) is 0 Å². The van der Waals surface area contributed by atoms with Crippen molar-refractivity contribution in [3.8, 4) is 0 Å². The van der Waals surface area contributed by atoms with E-state index in [4.69, 9.17) is 17.2 Å². The van der Waals surface area contributed by atoms with E-state index in [1.807, 2.05) is 11.9 Å². The fourth-order valence-electron chi connectivity index (χ4n) is 4.21. The lowest BCUT2D eigenvalue weighted by Crippen LogP contribution is -2.62. The van der Waals surface area contributed by atoms with Crippen LogP contribution >= 0.6 is 0 Å². The number of carbonyl (C=O) groups excluding carboxylic acids is 2. The summed E-state index contributed by atoms with van der Waals surface area (Å²) in [6, 6.07) is 4.10. The molecular formula is C21H27N6O4+. The van der Waals surface area contributed by atoms with Crippen LogP contribution in [0.3, 0.4) is 0 Å². The second kappa shape index (κ2) is 7.55. The average molecular weight is 427 g/mol. The van der Waals surface area contributed by atoms with Crippen LogP contribution in [0.1, 0.15) is 29.3 Å². The zero-order valence-corrected chi connectivity index (χ0v) is 17.7. The number of quaternary nitrogens is 1. The number of nitrogens with two attached hydrogens (primary N) is 3. The van der Waals surface area contributed by atoms with Crippen molar-refractivity contribution in [2.75, 3.05) is 25.5 Å². The van der Waals surface area contributed by atoms with E-state index in [0.29, 0.717) is 17.8 Å². The van der Waals surface area contributed by atoms with Crippen molar-refractivity contribution in [1.82, 2.24) is 0 Å². The van der Waals surface area contributed by atoms with E-state index in [-0.39, 0.29) is 23.5 Å². The lowest BCUT2D eigenvalue weighted by Gasteiger charge is -2.33. The molecule has 31 heavy (non-hydrogen) atoms. The number of aliphatic carboxylic acids is 1. The molecule has 0 saturated heterocycles. The molecule has 1 aromatic carbocycles. The van der Waals surface area contributed by atoms with Gasteiger partial charge in [-0.25, -0.2) is 19.4 Å². The SMILES string of the molecule is CC1CN(C)c2cccc(C3(N=C(N)N)C=CC(C(=O)O)=CC3)c2C(=O)[N+]1(C)C(N)=O. The number of carbonyl (C=O) groups is 3. The highest BCUT2D eigenvalue weighted by molar-refractivity contribution is 6.02. The van der Waals surface area contributed by atoms with Crippen LogP contribution < -0.4 is 22.1 Å². The summed E-state index contributed by atoms with van der Waals surface area (Å²) in [7, 11) is 3.33. The smallest absolute Gasteiger partial charge is 0.421 e. The second-order valence-electron chi connectivity index (χ2n) is 8.11. The number of carboxylic acids is 1. The van der Waals surface area contributed by atoms with Gasteiger partial charge in [0.1, 0.15) is 17.1 Å². The van der Waals surface area contributed by atoms with Crippen molar-refractivity contribution < 1.29 is 24.0 Å². The Balaban J connectivity index is 2.32. The highest BCUT2D eigenvalue weighted by Gasteiger charge is 2.50. The third-order valence-electron chi connectivity index (χ3n) is 6.18. The first kappa shape index (κ1) is 22.0. The highest BCUT2D eigenvalue weighted by atomic mass is 16.4. The molecule has 164 valence electrons. The predicted molar refractivity (Wildman–Crippen MR) is 116 cm³/mol. The number of hydrogen-bond donors (Lipinski definition) is 4. The van der Waals surface area contributed by atoms with E-state index < -0.39 is 34.0 Å². The fourth-order valence-corrected chi connectivity index (χ4v) is 4.21. The number of nitrogens with zero attached hydrogens (tertiary/aromatic N) is 3. The number of amides is 3. The van der Waals surface area contributed by atoms with E-state index in [1.54, 1.807) is 31.2 Å². The Morgan fingerprint density at radius 3 is 2.48 bits per heavy atom. The van der Waals surface area contributed by atoms with Crippen LogP contribution in [-0.4, -0.2) is 60.1 Å². The number of anilines is 1. The first-order chi connectivity index (χ1) is 14.4. The number of benzene rings is 1. The Labute approximate surface area is 179 Å². The molecule has 0 radical (unpaired) electrons. The second-order valence-corrected chi connectivity index (χ2v) is 8.11. The molecule has 1 aromatic rings. The molecule has 0 saturated carbocycles. The molecule has 3 rings (SSSR count). The van der Waals surface area contributed by atoms with Gasteiger partial charge in [-0.05, 0) is 25.5 Å². The van der Waals surface area contributed by atoms with Crippen molar-refractivity contribution in [3.05, 3.63) is 53.1 Å². The topological polar surface area (TPSA) is 165 Å². The number of urea groups is 1. The maximum absolute atomic E-state index is 13.8. The first-order valence-electron chi connectivity index (χ1n) is 9.73. The van der Waals surface area contributed by atoms with Gasteiger partial charge < -0.3 is 27.2 Å². The summed E-state index contributed by atoms with van der Waals surface area (Å²) in [5.74, 6) is -1.77. The molecule has 0 spiro atoms. The van der Waals surface area contributed by atoms with E-state index in [0.717, 1.165) is 0 Å². The van der Waals surface area contributed by atoms with Crippen molar-refractivity contribution in [2.24, 2.45) is 22.2 Å². The molecule has 2 aliphatic rings. The molecule has 10 heteroatoms. The lowest BCUT2D eigenvalue weighted by molar-refractivity contribution is -0.768. The van der Waals surface area contributed by atoms with Gasteiger partial charge in [-0.2, -0.15) is 4.48 Å². The average Bonchev–Trinajstić information content (AvgIpc) is 2.77. The molecule has 10 nitrogen and oxygen atoms in total. The maximum atomic E-state index is 13.8. The largest absolute Gasteiger partial charge is 0.478 e. The summed E-state index contributed by atoms with van der Waals surface area (Å²) in [5.41, 5.74) is 17.4. The van der Waals surface area contributed by atoms with Gasteiger partial charge in [-0.3, -0.25) is 0 Å². The summed E-state index contributed by atoms with van der Waals surface area (Å²) in [5, 5.41) is 9.31. The standard InChI is InChI=1S/C21H26N6O4/c1-12-11-26(2)15-6-4-5-14(16(15)17(28)27(12,3)20(24)31)21(25-19(22)23)9-7-13(8-10-21)18(29)30/h4-9,12H,10-11H2,1-3H3,(H6-,22,23,24,25,29,30,31)/p+1. The van der Waals surface area contributed by atoms with Gasteiger partial charge in [0.25, 0.3) is 0 Å². The van der Waals surface area contributed by atoms with Crippen LogP contribution in [0, 0.1) is 0 Å². The predicted octanol–water partition coefficient (Wildman–Crippen LogP) is 0.630. The van der Waals surface area contributed by atoms with Gasteiger partial charge in [-0.1, -0.05) is 24.3 Å². The molecule has 1 heterocycles. The van der Waals surface area contributed by atoms with E-state index in [9.17, 15) is 19.5 Å². The number of fused-ring (bicyclic) bond motifs is 1. The Kier molecular flexibility index (Phi) is 5.36. The third-order valence-corrected chi connectivity index (χ3v) is 6.18. The minimum atomic E-state index is -1.21. The summed E-state index contributed by atoms with van der Waals surface area (Å²) < 4.78 is -0.619. The molecule has 0 bridgehead atoms. The van der Waals surface area contributed by atoms with E-state index in [2.05, 4.69) is 4.99 Å². The van der Waals surface area contributed by atoms with Gasteiger partial charge in [0.15, 0.2) is 5.96 Å². The van der Waals surface area contributed by atoms with Crippen molar-refractivity contribution in [3.63, 3.8) is 0 Å². The molecule has 1 aliphatic carbocycles. The minimum Gasteiger partial charge on any atom is -0.478 e. The zero-order chi connectivity index (χ0) is 23.1. The third kappa shape index (κ3) is 3.44. The monoisotopic (exact) mass is 427 g/mol. The van der Waals surface area contributed by atoms with Gasteiger partial charge in [-0.15, -0.1) is 0 Å². The number of aliphatic imine (C=N–C) groups is 1. The quantitative estimate of drug-likeness (QED) is 0.312. The van der Waals surface area contributed by atoms with Gasteiger partial charge >= 0.3 is 17.9 Å². The summed E-state index contributed by atoms with van der Waals surface area (Å²) in [6.07, 6.45) is 4.60. The molecular weight excluding hydrogens is 400 g/mol. The van der Waals surface area contributed by atoms with Gasteiger partial charge in [0.2, 0.25) is 0 Å². The highest BCUT2D eigenvalue weighted by Crippen LogP contribution is 2.42. The molecule has 3 amide bonds. The van der Waals surface area contributed by atoms with E-state index in [1.165, 1.54) is 19.2 Å². The van der Waals surface area contributed by atoms with Crippen LogP contribution in [0.4, 0.5) is 10.5 Å². The van der Waals surface area contributed by atoms with E-state index >= 15 is 0 Å². The fraction of sp³-hybridized carbons (Fsp3) is 0.333. The number of rotatable bonds is 3. The van der Waals surface area contributed by atoms with Crippen LogP contribution in [0.5, 0.6) is 0 Å². The summed E-state index contributed by atoms with van der Waals surface area (Å²) >= 11 is 0. The van der Waals surface area contributed by atoms with Gasteiger partial charge in [0.05, 0.1) is 24.9 Å². The molecule has 0 aromatic heterocycles.